The van der Waals surface area contributed by atoms with Crippen LogP contribution >= 0.6 is 0 Å². The molecule has 2 aromatic carbocycles. The van der Waals surface area contributed by atoms with Gasteiger partial charge < -0.3 is 10.1 Å². The van der Waals surface area contributed by atoms with Crippen LogP contribution < -0.4 is 10.1 Å². The number of nitrogens with one attached hydrogen (secondary N) is 1. The Morgan fingerprint density at radius 3 is 2.25 bits per heavy atom. The zero-order valence-corrected chi connectivity index (χ0v) is 15.2. The fourth-order valence-electron chi connectivity index (χ4n) is 2.78. The van der Waals surface area contributed by atoms with Crippen molar-refractivity contribution in [2.24, 2.45) is 0 Å². The number of benzene rings is 2. The number of hydrogen-bond donors (Lipinski definition) is 1. The number of carbonyl (C=O) groups excluding carboxylic acids is 1. The zero-order chi connectivity index (χ0) is 17.7. The van der Waals surface area contributed by atoms with Crippen LogP contribution in [-0.4, -0.2) is 12.0 Å². The Labute approximate surface area is 145 Å². The average Bonchev–Trinajstić information content (AvgIpc) is 2.55. The van der Waals surface area contributed by atoms with Gasteiger partial charge in [-0.1, -0.05) is 48.4 Å². The lowest BCUT2D eigenvalue weighted by atomic mass is 9.97. The van der Waals surface area contributed by atoms with Crippen molar-refractivity contribution in [1.29, 1.82) is 0 Å². The third kappa shape index (κ3) is 4.60. The molecule has 0 aliphatic carbocycles. The van der Waals surface area contributed by atoms with E-state index in [1.54, 1.807) is 6.92 Å². The second-order valence-corrected chi connectivity index (χ2v) is 6.40. The van der Waals surface area contributed by atoms with Crippen molar-refractivity contribution in [3.63, 3.8) is 0 Å². The fraction of sp³-hybridized carbons (Fsp3) is 0.381. The highest BCUT2D eigenvalue weighted by molar-refractivity contribution is 5.81. The van der Waals surface area contributed by atoms with E-state index in [4.69, 9.17) is 4.74 Å². The van der Waals surface area contributed by atoms with E-state index < -0.39 is 6.10 Å². The van der Waals surface area contributed by atoms with Gasteiger partial charge in [-0.15, -0.1) is 0 Å². The predicted molar refractivity (Wildman–Crippen MR) is 98.4 cm³/mol. The van der Waals surface area contributed by atoms with Gasteiger partial charge in [-0.25, -0.2) is 0 Å². The molecule has 1 N–H and O–H groups in total. The summed E-state index contributed by atoms with van der Waals surface area (Å²) >= 11 is 0. The van der Waals surface area contributed by atoms with Crippen molar-refractivity contribution < 1.29 is 9.53 Å². The summed E-state index contributed by atoms with van der Waals surface area (Å²) in [6.45, 7) is 10.0. The van der Waals surface area contributed by atoms with Crippen LogP contribution in [0.15, 0.2) is 42.5 Å². The van der Waals surface area contributed by atoms with Crippen LogP contribution in [0.2, 0.25) is 0 Å². The van der Waals surface area contributed by atoms with Gasteiger partial charge in [0, 0.05) is 0 Å². The molecule has 2 aromatic rings. The van der Waals surface area contributed by atoms with Gasteiger partial charge in [-0.2, -0.15) is 0 Å². The first-order valence-electron chi connectivity index (χ1n) is 8.51. The second-order valence-electron chi connectivity index (χ2n) is 6.40. The van der Waals surface area contributed by atoms with Crippen LogP contribution in [0.3, 0.4) is 0 Å². The molecule has 0 saturated carbocycles. The summed E-state index contributed by atoms with van der Waals surface area (Å²) in [5, 5.41) is 3.11. The van der Waals surface area contributed by atoms with Gasteiger partial charge in [0.05, 0.1) is 6.04 Å². The van der Waals surface area contributed by atoms with E-state index in [0.717, 1.165) is 6.42 Å². The molecule has 0 aliphatic rings. The summed E-state index contributed by atoms with van der Waals surface area (Å²) in [7, 11) is 0. The van der Waals surface area contributed by atoms with E-state index in [0.29, 0.717) is 5.75 Å². The van der Waals surface area contributed by atoms with Gasteiger partial charge in [0.25, 0.3) is 5.91 Å². The molecule has 2 atom stereocenters. The maximum Gasteiger partial charge on any atom is 0.261 e. The Bertz CT molecular complexity index is 691. The van der Waals surface area contributed by atoms with Gasteiger partial charge in [-0.3, -0.25) is 4.79 Å². The maximum atomic E-state index is 12.5. The molecule has 0 saturated heterocycles. The summed E-state index contributed by atoms with van der Waals surface area (Å²) in [6, 6.07) is 14.1. The number of ether oxygens (including phenoxy) is 1. The van der Waals surface area contributed by atoms with Crippen molar-refractivity contribution in [3.05, 3.63) is 64.7 Å². The number of hydrogen-bond acceptors (Lipinski definition) is 2. The number of rotatable bonds is 6. The zero-order valence-electron chi connectivity index (χ0n) is 15.2. The smallest absolute Gasteiger partial charge is 0.261 e. The Balaban J connectivity index is 2.04. The van der Waals surface area contributed by atoms with E-state index in [2.05, 4.69) is 44.3 Å². The van der Waals surface area contributed by atoms with Gasteiger partial charge >= 0.3 is 0 Å². The highest BCUT2D eigenvalue weighted by atomic mass is 16.5. The van der Waals surface area contributed by atoms with E-state index >= 15 is 0 Å². The minimum Gasteiger partial charge on any atom is -0.481 e. The molecule has 0 heterocycles. The van der Waals surface area contributed by atoms with E-state index in [1.165, 1.54) is 22.3 Å². The summed E-state index contributed by atoms with van der Waals surface area (Å²) in [4.78, 5) is 12.5. The Morgan fingerprint density at radius 1 is 1.04 bits per heavy atom. The lowest BCUT2D eigenvalue weighted by molar-refractivity contribution is -0.128. The Hall–Kier alpha value is -2.29. The van der Waals surface area contributed by atoms with Crippen LogP contribution in [0.1, 0.15) is 48.6 Å². The first kappa shape index (κ1) is 18.1. The van der Waals surface area contributed by atoms with Gasteiger partial charge in [0.15, 0.2) is 6.10 Å². The van der Waals surface area contributed by atoms with E-state index in [-0.39, 0.29) is 11.9 Å². The summed E-state index contributed by atoms with van der Waals surface area (Å²) in [6.07, 6.45) is 0.305. The van der Waals surface area contributed by atoms with Gasteiger partial charge in [0.1, 0.15) is 5.75 Å². The number of carbonyl (C=O) groups is 1. The van der Waals surface area contributed by atoms with Crippen molar-refractivity contribution in [2.45, 2.75) is 53.2 Å². The van der Waals surface area contributed by atoms with Crippen molar-refractivity contribution >= 4 is 5.91 Å². The molecule has 0 radical (unpaired) electrons. The lowest BCUT2D eigenvalue weighted by Gasteiger charge is -2.22. The van der Waals surface area contributed by atoms with Crippen LogP contribution in [0.5, 0.6) is 5.75 Å². The maximum absolute atomic E-state index is 12.5. The Morgan fingerprint density at radius 2 is 1.67 bits per heavy atom. The van der Waals surface area contributed by atoms with Crippen molar-refractivity contribution in [2.75, 3.05) is 0 Å². The minimum absolute atomic E-state index is 0.00201. The lowest BCUT2D eigenvalue weighted by Crippen LogP contribution is -2.38. The molecular formula is C21H27NO2. The SMILES string of the molecule is CC[C@@H](NC(=O)[C@@H](C)Oc1ccc(C)cc1)c1ccc(C)cc1C. The minimum atomic E-state index is -0.535. The number of aryl methyl sites for hydroxylation is 3. The van der Waals surface area contributed by atoms with Crippen LogP contribution in [0.4, 0.5) is 0 Å². The van der Waals surface area contributed by atoms with Crippen LogP contribution in [0, 0.1) is 20.8 Å². The molecule has 0 aliphatic heterocycles. The van der Waals surface area contributed by atoms with Gasteiger partial charge in [0.2, 0.25) is 0 Å². The molecule has 3 heteroatoms. The highest BCUT2D eigenvalue weighted by Crippen LogP contribution is 2.22. The molecule has 128 valence electrons. The summed E-state index contributed by atoms with van der Waals surface area (Å²) < 4.78 is 5.75. The molecule has 0 bridgehead atoms. The summed E-state index contributed by atoms with van der Waals surface area (Å²) in [5.74, 6) is 0.616. The molecule has 2 rings (SSSR count). The molecule has 3 nitrogen and oxygen atoms in total. The predicted octanol–water partition coefficient (Wildman–Crippen LogP) is 4.65. The van der Waals surface area contributed by atoms with Crippen LogP contribution in [-0.2, 0) is 4.79 Å². The Kier molecular flexibility index (Phi) is 6.02. The first-order chi connectivity index (χ1) is 11.4. The quantitative estimate of drug-likeness (QED) is 0.840. The fourth-order valence-corrected chi connectivity index (χ4v) is 2.78. The van der Waals surface area contributed by atoms with Crippen molar-refractivity contribution in [1.82, 2.24) is 5.32 Å². The van der Waals surface area contributed by atoms with E-state index in [1.807, 2.05) is 31.2 Å². The molecule has 0 spiro atoms. The molecule has 0 aromatic heterocycles. The normalized spacial score (nSPS) is 13.2. The van der Waals surface area contributed by atoms with Crippen molar-refractivity contribution in [3.8, 4) is 5.75 Å². The standard InChI is InChI=1S/C21H27NO2/c1-6-20(19-12-9-15(3)13-16(19)4)22-21(23)17(5)24-18-10-7-14(2)8-11-18/h7-13,17,20H,6H2,1-5H3,(H,22,23)/t17-,20-/m1/s1. The number of amides is 1. The van der Waals surface area contributed by atoms with Crippen LogP contribution in [0.25, 0.3) is 0 Å². The van der Waals surface area contributed by atoms with E-state index in [9.17, 15) is 4.79 Å². The second kappa shape index (κ2) is 8.00. The molecule has 0 fully saturated rings. The third-order valence-corrected chi connectivity index (χ3v) is 4.23. The third-order valence-electron chi connectivity index (χ3n) is 4.23. The molecule has 24 heavy (non-hydrogen) atoms. The topological polar surface area (TPSA) is 38.3 Å². The van der Waals surface area contributed by atoms with Gasteiger partial charge in [-0.05, 0) is 57.4 Å². The molecule has 0 unspecified atom stereocenters. The summed E-state index contributed by atoms with van der Waals surface area (Å²) in [5.41, 5.74) is 4.77. The molecule has 1 amide bonds. The highest BCUT2D eigenvalue weighted by Gasteiger charge is 2.20. The molecular weight excluding hydrogens is 298 g/mol. The first-order valence-corrected chi connectivity index (χ1v) is 8.51. The average molecular weight is 325 g/mol. The monoisotopic (exact) mass is 325 g/mol. The largest absolute Gasteiger partial charge is 0.481 e.